The number of hydrogen-bond acceptors (Lipinski definition) is 4. The number of benzene rings is 2. The minimum atomic E-state index is -1.13. The molecule has 148 valence electrons. The van der Waals surface area contributed by atoms with E-state index in [1.807, 2.05) is 30.3 Å². The van der Waals surface area contributed by atoms with Crippen molar-refractivity contribution in [3.63, 3.8) is 0 Å². The van der Waals surface area contributed by atoms with E-state index in [0.717, 1.165) is 5.56 Å². The largest absolute Gasteiger partial charge is 0.480 e. The third-order valence-electron chi connectivity index (χ3n) is 4.08. The van der Waals surface area contributed by atoms with E-state index in [0.29, 0.717) is 5.75 Å². The van der Waals surface area contributed by atoms with E-state index in [-0.39, 0.29) is 12.3 Å². The van der Waals surface area contributed by atoms with Crippen LogP contribution in [0.3, 0.4) is 0 Å². The van der Waals surface area contributed by atoms with Crippen LogP contribution in [-0.2, 0) is 16.0 Å². The van der Waals surface area contributed by atoms with E-state index in [1.54, 1.807) is 44.2 Å². The lowest BCUT2D eigenvalue weighted by Crippen LogP contribution is -2.54. The van der Waals surface area contributed by atoms with Crippen LogP contribution in [0.25, 0.3) is 0 Å². The van der Waals surface area contributed by atoms with Gasteiger partial charge in [-0.3, -0.25) is 4.79 Å². The summed E-state index contributed by atoms with van der Waals surface area (Å²) in [6.07, 6.45) is -0.597. The minimum absolute atomic E-state index is 0.195. The number of hydrogen-bond donors (Lipinski definition) is 3. The van der Waals surface area contributed by atoms with Gasteiger partial charge in [0.1, 0.15) is 17.8 Å². The van der Waals surface area contributed by atoms with Crippen molar-refractivity contribution in [3.05, 3.63) is 66.2 Å². The molecule has 2 aromatic carbocycles. The van der Waals surface area contributed by atoms with E-state index in [1.165, 1.54) is 0 Å². The highest BCUT2D eigenvalue weighted by atomic mass is 16.6. The highest BCUT2D eigenvalue weighted by molar-refractivity contribution is 5.89. The number of carboxylic acids is 1. The molecule has 0 aromatic heterocycles. The molecule has 3 N–H and O–H groups in total. The first kappa shape index (κ1) is 21.0. The second-order valence-electron chi connectivity index (χ2n) is 6.66. The predicted octanol–water partition coefficient (Wildman–Crippen LogP) is 2.61. The lowest BCUT2D eigenvalue weighted by atomic mass is 10.0. The molecule has 0 aliphatic heterocycles. The highest BCUT2D eigenvalue weighted by Crippen LogP contribution is 2.10. The summed E-state index contributed by atoms with van der Waals surface area (Å²) in [6.45, 7) is 3.39. The van der Waals surface area contributed by atoms with Crippen LogP contribution < -0.4 is 15.4 Å². The van der Waals surface area contributed by atoms with Crippen LogP contribution in [-0.4, -0.2) is 35.2 Å². The number of ether oxygens (including phenoxy) is 1. The molecule has 0 radical (unpaired) electrons. The molecule has 0 aliphatic carbocycles. The number of carboxylic acid groups (broad SMARTS) is 1. The monoisotopic (exact) mass is 384 g/mol. The van der Waals surface area contributed by atoms with Crippen molar-refractivity contribution < 1.29 is 24.2 Å². The number of rotatable bonds is 8. The molecule has 0 saturated carbocycles. The smallest absolute Gasteiger partial charge is 0.413 e. The molecule has 7 heteroatoms. The predicted molar refractivity (Wildman–Crippen MR) is 104 cm³/mol. The fourth-order valence-electron chi connectivity index (χ4n) is 2.59. The minimum Gasteiger partial charge on any atom is -0.480 e. The van der Waals surface area contributed by atoms with Gasteiger partial charge >= 0.3 is 12.1 Å². The van der Waals surface area contributed by atoms with Crippen LogP contribution in [0, 0.1) is 5.92 Å². The summed E-state index contributed by atoms with van der Waals surface area (Å²) < 4.78 is 5.19. The maximum Gasteiger partial charge on any atom is 0.413 e. The third kappa shape index (κ3) is 6.42. The second kappa shape index (κ2) is 10.1. The zero-order valence-electron chi connectivity index (χ0n) is 15.8. The molecule has 2 aromatic rings. The summed E-state index contributed by atoms with van der Waals surface area (Å²) in [5.74, 6) is -1.69. The Morgan fingerprint density at radius 3 is 2.04 bits per heavy atom. The lowest BCUT2D eigenvalue weighted by Gasteiger charge is -2.23. The van der Waals surface area contributed by atoms with Crippen LogP contribution in [0.4, 0.5) is 4.79 Å². The van der Waals surface area contributed by atoms with Gasteiger partial charge in [-0.05, 0) is 23.6 Å². The topological polar surface area (TPSA) is 105 Å². The van der Waals surface area contributed by atoms with Gasteiger partial charge in [-0.15, -0.1) is 0 Å². The molecule has 28 heavy (non-hydrogen) atoms. The molecule has 2 amide bonds. The summed E-state index contributed by atoms with van der Waals surface area (Å²) in [7, 11) is 0. The van der Waals surface area contributed by atoms with Crippen LogP contribution in [0.2, 0.25) is 0 Å². The van der Waals surface area contributed by atoms with Crippen LogP contribution in [0.1, 0.15) is 19.4 Å². The Morgan fingerprint density at radius 1 is 0.929 bits per heavy atom. The van der Waals surface area contributed by atoms with Crippen molar-refractivity contribution in [2.45, 2.75) is 32.4 Å². The molecule has 0 unspecified atom stereocenters. The summed E-state index contributed by atoms with van der Waals surface area (Å²) in [5.41, 5.74) is 0.819. The molecule has 0 bridgehead atoms. The number of nitrogens with one attached hydrogen (secondary N) is 2. The van der Waals surface area contributed by atoms with Crippen molar-refractivity contribution in [2.75, 3.05) is 0 Å². The van der Waals surface area contributed by atoms with E-state index < -0.39 is 30.1 Å². The van der Waals surface area contributed by atoms with Crippen LogP contribution in [0.15, 0.2) is 60.7 Å². The fourth-order valence-corrected chi connectivity index (χ4v) is 2.59. The summed E-state index contributed by atoms with van der Waals surface area (Å²) in [4.78, 5) is 36.3. The average Bonchev–Trinajstić information content (AvgIpc) is 2.66. The molecule has 2 rings (SSSR count). The Hall–Kier alpha value is -3.35. The van der Waals surface area contributed by atoms with Crippen molar-refractivity contribution in [1.29, 1.82) is 0 Å². The normalized spacial score (nSPS) is 12.7. The number of carbonyl (C=O) groups excluding carboxylic acids is 2. The van der Waals surface area contributed by atoms with Gasteiger partial charge in [0.05, 0.1) is 0 Å². The van der Waals surface area contributed by atoms with Crippen molar-refractivity contribution in [2.24, 2.45) is 5.92 Å². The van der Waals surface area contributed by atoms with Crippen molar-refractivity contribution in [1.82, 2.24) is 10.6 Å². The van der Waals surface area contributed by atoms with E-state index >= 15 is 0 Å². The first-order valence-corrected chi connectivity index (χ1v) is 8.97. The van der Waals surface area contributed by atoms with Gasteiger partial charge in [-0.2, -0.15) is 0 Å². The average molecular weight is 384 g/mol. The number of carbonyl (C=O) groups is 3. The highest BCUT2D eigenvalue weighted by Gasteiger charge is 2.29. The second-order valence-corrected chi connectivity index (χ2v) is 6.66. The molecule has 2 atom stereocenters. The third-order valence-corrected chi connectivity index (χ3v) is 4.08. The maximum absolute atomic E-state index is 12.7. The van der Waals surface area contributed by atoms with Gasteiger partial charge in [-0.1, -0.05) is 62.4 Å². The maximum atomic E-state index is 12.7. The SMILES string of the molecule is CC(C)[C@H](NC(=O)[C@H](Cc1ccccc1)NC(=O)Oc1ccccc1)C(=O)O. The van der Waals surface area contributed by atoms with E-state index in [4.69, 9.17) is 4.74 Å². The van der Waals surface area contributed by atoms with Crippen LogP contribution >= 0.6 is 0 Å². The number of aliphatic carboxylic acids is 1. The summed E-state index contributed by atoms with van der Waals surface area (Å²) in [5, 5.41) is 14.3. The first-order valence-electron chi connectivity index (χ1n) is 8.97. The van der Waals surface area contributed by atoms with Crippen LogP contribution in [0.5, 0.6) is 5.75 Å². The zero-order valence-corrected chi connectivity index (χ0v) is 15.8. The molecule has 0 spiro atoms. The Balaban J connectivity index is 2.12. The van der Waals surface area contributed by atoms with Gasteiger partial charge in [0.15, 0.2) is 0 Å². The van der Waals surface area contributed by atoms with Crippen molar-refractivity contribution >= 4 is 18.0 Å². The number of para-hydroxylation sites is 1. The Morgan fingerprint density at radius 2 is 1.50 bits per heavy atom. The fraction of sp³-hybridized carbons (Fsp3) is 0.286. The Labute approximate surface area is 163 Å². The standard InChI is InChI=1S/C21H24N2O5/c1-14(2)18(20(25)26)23-19(24)17(13-15-9-5-3-6-10-15)22-21(27)28-16-11-7-4-8-12-16/h3-12,14,17-18H,13H2,1-2H3,(H,22,27)(H,23,24)(H,25,26)/t17-,18-/m0/s1. The van der Waals surface area contributed by atoms with Gasteiger partial charge in [0, 0.05) is 6.42 Å². The first-order chi connectivity index (χ1) is 13.4. The quantitative estimate of drug-likeness (QED) is 0.649. The van der Waals surface area contributed by atoms with Gasteiger partial charge in [0.2, 0.25) is 5.91 Å². The molecular weight excluding hydrogens is 360 g/mol. The van der Waals surface area contributed by atoms with Gasteiger partial charge in [0.25, 0.3) is 0 Å². The van der Waals surface area contributed by atoms with E-state index in [9.17, 15) is 19.5 Å². The van der Waals surface area contributed by atoms with Crippen molar-refractivity contribution in [3.8, 4) is 5.75 Å². The lowest BCUT2D eigenvalue weighted by molar-refractivity contribution is -0.143. The molecule has 0 fully saturated rings. The summed E-state index contributed by atoms with van der Waals surface area (Å²) in [6, 6.07) is 15.5. The molecule has 7 nitrogen and oxygen atoms in total. The molecular formula is C21H24N2O5. The van der Waals surface area contributed by atoms with Gasteiger partial charge < -0.3 is 20.5 Å². The van der Waals surface area contributed by atoms with Gasteiger partial charge in [-0.25, -0.2) is 9.59 Å². The number of amides is 2. The molecule has 0 aliphatic rings. The molecule has 0 heterocycles. The Kier molecular flexibility index (Phi) is 7.56. The Bertz CT molecular complexity index is 793. The molecule has 0 saturated heterocycles. The summed E-state index contributed by atoms with van der Waals surface area (Å²) >= 11 is 0. The van der Waals surface area contributed by atoms with E-state index in [2.05, 4.69) is 10.6 Å². The zero-order chi connectivity index (χ0) is 20.5.